The summed E-state index contributed by atoms with van der Waals surface area (Å²) in [5.74, 6) is 0.172. The Bertz CT molecular complexity index is 509. The van der Waals surface area contributed by atoms with Crippen LogP contribution in [0.2, 0.25) is 0 Å². The van der Waals surface area contributed by atoms with E-state index in [1.807, 2.05) is 0 Å². The van der Waals surface area contributed by atoms with Gasteiger partial charge in [0.05, 0.1) is 0 Å². The first-order valence-corrected chi connectivity index (χ1v) is 3.87. The fourth-order valence-corrected chi connectivity index (χ4v) is 1.03. The van der Waals surface area contributed by atoms with E-state index in [1.54, 1.807) is 0 Å². The highest BCUT2D eigenvalue weighted by atomic mass is 16.3. The van der Waals surface area contributed by atoms with Crippen molar-refractivity contribution in [1.82, 2.24) is 19.9 Å². The Hall–Kier alpha value is -2.02. The summed E-state index contributed by atoms with van der Waals surface area (Å²) < 4.78 is 0. The third-order valence-corrected chi connectivity index (χ3v) is 1.59. The molecule has 7 heteroatoms. The van der Waals surface area contributed by atoms with Gasteiger partial charge >= 0.3 is 0 Å². The number of hydrogen-bond acceptors (Lipinski definition) is 6. The normalized spacial score (nSPS) is 10.4. The van der Waals surface area contributed by atoms with Gasteiger partial charge in [0, 0.05) is 12.4 Å². The molecule has 0 aliphatic heterocycles. The van der Waals surface area contributed by atoms with E-state index >= 15 is 0 Å². The van der Waals surface area contributed by atoms with E-state index in [2.05, 4.69) is 25.3 Å². The lowest BCUT2D eigenvalue weighted by atomic mass is 10.5. The Morgan fingerprint density at radius 1 is 1.43 bits per heavy atom. The van der Waals surface area contributed by atoms with E-state index in [0.717, 1.165) is 0 Å². The highest BCUT2D eigenvalue weighted by molar-refractivity contribution is 5.68. The smallest absolute Gasteiger partial charge is 0.280 e. The Labute approximate surface area is 77.9 Å². The standard InChI is InChI=1S/C7H7N5O2/c13-3-10-7-11-5-4(6(14)12-7)8-1-2-9-5/h1-2,13H,3H2,(H2,9,10,11,12,14). The average Bonchev–Trinajstić information content (AvgIpc) is 2.18. The number of anilines is 1. The second-order valence-electron chi connectivity index (χ2n) is 2.48. The lowest BCUT2D eigenvalue weighted by Gasteiger charge is -2.00. The predicted molar refractivity (Wildman–Crippen MR) is 48.7 cm³/mol. The summed E-state index contributed by atoms with van der Waals surface area (Å²) in [4.78, 5) is 25.4. The summed E-state index contributed by atoms with van der Waals surface area (Å²) in [5, 5.41) is 11.0. The van der Waals surface area contributed by atoms with Crippen LogP contribution >= 0.6 is 0 Å². The van der Waals surface area contributed by atoms with E-state index in [9.17, 15) is 4.79 Å². The Morgan fingerprint density at radius 2 is 2.21 bits per heavy atom. The van der Waals surface area contributed by atoms with Crippen molar-refractivity contribution in [2.75, 3.05) is 12.0 Å². The number of nitrogens with zero attached hydrogens (tertiary/aromatic N) is 3. The summed E-state index contributed by atoms with van der Waals surface area (Å²) in [6.45, 7) is -0.311. The Morgan fingerprint density at radius 3 is 3.00 bits per heavy atom. The summed E-state index contributed by atoms with van der Waals surface area (Å²) in [5.41, 5.74) is 0.0299. The van der Waals surface area contributed by atoms with E-state index < -0.39 is 0 Å². The Balaban J connectivity index is 2.66. The third-order valence-electron chi connectivity index (χ3n) is 1.59. The second-order valence-corrected chi connectivity index (χ2v) is 2.48. The molecule has 2 aromatic heterocycles. The van der Waals surface area contributed by atoms with Crippen molar-refractivity contribution in [2.45, 2.75) is 0 Å². The molecular weight excluding hydrogens is 186 g/mol. The largest absolute Gasteiger partial charge is 0.376 e. The fraction of sp³-hybridized carbons (Fsp3) is 0.143. The highest BCUT2D eigenvalue weighted by Gasteiger charge is 2.03. The molecule has 0 unspecified atom stereocenters. The van der Waals surface area contributed by atoms with Gasteiger partial charge in [0.25, 0.3) is 5.56 Å². The van der Waals surface area contributed by atoms with E-state index in [-0.39, 0.29) is 29.4 Å². The number of aromatic nitrogens is 4. The number of rotatable bonds is 2. The average molecular weight is 193 g/mol. The molecular formula is C7H7N5O2. The van der Waals surface area contributed by atoms with Crippen molar-refractivity contribution in [1.29, 1.82) is 0 Å². The second kappa shape index (κ2) is 3.38. The number of H-pyrrole nitrogens is 1. The molecule has 0 amide bonds. The van der Waals surface area contributed by atoms with Crippen molar-refractivity contribution in [3.8, 4) is 0 Å². The number of aromatic amines is 1. The van der Waals surface area contributed by atoms with Gasteiger partial charge in [-0.15, -0.1) is 0 Å². The van der Waals surface area contributed by atoms with Crippen LogP contribution < -0.4 is 10.9 Å². The van der Waals surface area contributed by atoms with Gasteiger partial charge in [0.2, 0.25) is 5.95 Å². The fourth-order valence-electron chi connectivity index (χ4n) is 1.03. The third kappa shape index (κ3) is 1.40. The topological polar surface area (TPSA) is 104 Å². The monoisotopic (exact) mass is 193 g/mol. The van der Waals surface area contributed by atoms with Crippen LogP contribution in [0.5, 0.6) is 0 Å². The van der Waals surface area contributed by atoms with Gasteiger partial charge in [-0.1, -0.05) is 0 Å². The number of nitrogens with one attached hydrogen (secondary N) is 2. The van der Waals surface area contributed by atoms with Crippen molar-refractivity contribution in [3.05, 3.63) is 22.7 Å². The minimum atomic E-state index is -0.390. The molecule has 0 bridgehead atoms. The van der Waals surface area contributed by atoms with Gasteiger partial charge in [-0.3, -0.25) is 9.78 Å². The summed E-state index contributed by atoms with van der Waals surface area (Å²) in [7, 11) is 0. The van der Waals surface area contributed by atoms with E-state index in [4.69, 9.17) is 5.11 Å². The van der Waals surface area contributed by atoms with Gasteiger partial charge in [-0.25, -0.2) is 9.97 Å². The zero-order chi connectivity index (χ0) is 9.97. The minimum absolute atomic E-state index is 0.172. The molecule has 0 aromatic carbocycles. The number of hydrogen-bond donors (Lipinski definition) is 3. The molecule has 3 N–H and O–H groups in total. The molecule has 7 nitrogen and oxygen atoms in total. The lowest BCUT2D eigenvalue weighted by Crippen LogP contribution is -2.15. The van der Waals surface area contributed by atoms with Crippen LogP contribution in [-0.2, 0) is 0 Å². The molecule has 0 atom stereocenters. The molecule has 0 saturated carbocycles. The molecule has 2 heterocycles. The summed E-state index contributed by atoms with van der Waals surface area (Å²) >= 11 is 0. The molecule has 0 aliphatic carbocycles. The van der Waals surface area contributed by atoms with Crippen molar-refractivity contribution >= 4 is 17.1 Å². The number of fused-ring (bicyclic) bond motifs is 1. The Kier molecular flexibility index (Phi) is 2.07. The zero-order valence-electron chi connectivity index (χ0n) is 7.06. The maximum absolute atomic E-state index is 11.4. The quantitative estimate of drug-likeness (QED) is 0.532. The first kappa shape index (κ1) is 8.57. The van der Waals surface area contributed by atoms with Gasteiger partial charge in [-0.2, -0.15) is 4.98 Å². The van der Waals surface area contributed by atoms with Crippen LogP contribution in [0.15, 0.2) is 17.2 Å². The van der Waals surface area contributed by atoms with E-state index in [1.165, 1.54) is 12.4 Å². The molecule has 0 saturated heterocycles. The van der Waals surface area contributed by atoms with Gasteiger partial charge in [0.15, 0.2) is 11.2 Å². The van der Waals surface area contributed by atoms with Crippen LogP contribution in [0, 0.1) is 0 Å². The van der Waals surface area contributed by atoms with Crippen molar-refractivity contribution in [2.24, 2.45) is 0 Å². The predicted octanol–water partition coefficient (Wildman–Crippen LogP) is -0.925. The first-order chi connectivity index (χ1) is 6.81. The van der Waals surface area contributed by atoms with Crippen LogP contribution in [-0.4, -0.2) is 31.8 Å². The molecule has 72 valence electrons. The number of aliphatic hydroxyl groups is 1. The summed E-state index contributed by atoms with van der Waals surface area (Å²) in [6, 6.07) is 0. The van der Waals surface area contributed by atoms with Crippen LogP contribution in [0.3, 0.4) is 0 Å². The molecule has 0 radical (unpaired) electrons. The molecule has 2 rings (SSSR count). The van der Waals surface area contributed by atoms with E-state index in [0.29, 0.717) is 0 Å². The summed E-state index contributed by atoms with van der Waals surface area (Å²) in [6.07, 6.45) is 2.86. The minimum Gasteiger partial charge on any atom is -0.376 e. The maximum Gasteiger partial charge on any atom is 0.280 e. The first-order valence-electron chi connectivity index (χ1n) is 3.87. The van der Waals surface area contributed by atoms with Crippen LogP contribution in [0.1, 0.15) is 0 Å². The zero-order valence-corrected chi connectivity index (χ0v) is 7.06. The van der Waals surface area contributed by atoms with Crippen LogP contribution in [0.25, 0.3) is 11.2 Å². The maximum atomic E-state index is 11.4. The van der Waals surface area contributed by atoms with Crippen molar-refractivity contribution < 1.29 is 5.11 Å². The van der Waals surface area contributed by atoms with Gasteiger partial charge in [0.1, 0.15) is 6.73 Å². The lowest BCUT2D eigenvalue weighted by molar-refractivity contribution is 0.324. The molecule has 0 fully saturated rings. The molecule has 2 aromatic rings. The SMILES string of the molecule is O=c1[nH]c(NCO)nc2nccnc12. The molecule has 0 aliphatic rings. The van der Waals surface area contributed by atoms with Crippen molar-refractivity contribution in [3.63, 3.8) is 0 Å². The van der Waals surface area contributed by atoms with Gasteiger partial charge in [-0.05, 0) is 0 Å². The highest BCUT2D eigenvalue weighted by Crippen LogP contribution is 2.00. The van der Waals surface area contributed by atoms with Crippen LogP contribution in [0.4, 0.5) is 5.95 Å². The van der Waals surface area contributed by atoms with Gasteiger partial charge < -0.3 is 10.4 Å². The molecule has 0 spiro atoms. The number of aliphatic hydroxyl groups excluding tert-OH is 1. The molecule has 14 heavy (non-hydrogen) atoms.